The monoisotopic (exact) mass is 411 g/mol. The molecule has 0 saturated heterocycles. The summed E-state index contributed by atoms with van der Waals surface area (Å²) in [5.41, 5.74) is 0. The predicted octanol–water partition coefficient (Wildman–Crippen LogP) is 5.66. The number of rotatable bonds is 21. The maximum Gasteiger partial charge on any atom is 0.212 e. The van der Waals surface area contributed by atoms with Crippen LogP contribution in [0.4, 0.5) is 0 Å². The molecule has 0 spiro atoms. The second-order valence-corrected chi connectivity index (χ2v) is 8.21. The van der Waals surface area contributed by atoms with E-state index in [0.717, 1.165) is 32.2 Å². The number of nitrogens with zero attached hydrogens (tertiary/aromatic N) is 2. The van der Waals surface area contributed by atoms with Crippen molar-refractivity contribution in [3.05, 3.63) is 17.4 Å². The van der Waals surface area contributed by atoms with Crippen molar-refractivity contribution in [3.8, 4) is 0 Å². The number of carbonyl (C=O) groups is 1. The van der Waals surface area contributed by atoms with Gasteiger partial charge in [0.15, 0.2) is 0 Å². The highest BCUT2D eigenvalue weighted by Gasteiger charge is 2.04. The Morgan fingerprint density at radius 2 is 1.34 bits per heavy atom. The Hall–Kier alpha value is -0.910. The zero-order valence-corrected chi connectivity index (χ0v) is 19.2. The SMILES string of the molecule is CCCCCCCCC=CCCCCCCCC(=O)N([O-])CCCN(C)CCO. The normalized spacial score (nSPS) is 11.6. The fourth-order valence-corrected chi connectivity index (χ4v) is 3.36. The van der Waals surface area contributed by atoms with Crippen molar-refractivity contribution in [1.29, 1.82) is 0 Å². The van der Waals surface area contributed by atoms with Crippen molar-refractivity contribution in [1.82, 2.24) is 9.96 Å². The van der Waals surface area contributed by atoms with Gasteiger partial charge in [0.25, 0.3) is 0 Å². The molecule has 0 aliphatic carbocycles. The first-order chi connectivity index (χ1) is 14.1. The van der Waals surface area contributed by atoms with Gasteiger partial charge in [0.05, 0.1) is 6.61 Å². The third kappa shape index (κ3) is 20.2. The smallest absolute Gasteiger partial charge is 0.212 e. The van der Waals surface area contributed by atoms with Gasteiger partial charge in [-0.1, -0.05) is 70.4 Å². The van der Waals surface area contributed by atoms with Gasteiger partial charge >= 0.3 is 0 Å². The molecule has 0 rings (SSSR count). The van der Waals surface area contributed by atoms with E-state index in [0.29, 0.717) is 24.4 Å². The molecule has 0 aromatic rings. The Bertz CT molecular complexity index is 388. The van der Waals surface area contributed by atoms with Gasteiger partial charge in [-0.25, -0.2) is 0 Å². The van der Waals surface area contributed by atoms with Crippen LogP contribution in [0.1, 0.15) is 103 Å². The molecule has 1 amide bonds. The molecule has 1 N–H and O–H groups in total. The molecular weight excluding hydrogens is 364 g/mol. The van der Waals surface area contributed by atoms with E-state index in [-0.39, 0.29) is 19.1 Å². The van der Waals surface area contributed by atoms with Crippen LogP contribution in [0.3, 0.4) is 0 Å². The molecule has 5 heteroatoms. The molecule has 0 saturated carbocycles. The number of unbranched alkanes of at least 4 members (excludes halogenated alkanes) is 11. The van der Waals surface area contributed by atoms with Crippen LogP contribution in [-0.4, -0.2) is 54.3 Å². The summed E-state index contributed by atoms with van der Waals surface area (Å²) in [5, 5.41) is 21.2. The predicted molar refractivity (Wildman–Crippen MR) is 124 cm³/mol. The lowest BCUT2D eigenvalue weighted by molar-refractivity contribution is -0.128. The first-order valence-electron chi connectivity index (χ1n) is 12.0. The van der Waals surface area contributed by atoms with Gasteiger partial charge in [-0.2, -0.15) is 0 Å². The van der Waals surface area contributed by atoms with Crippen molar-refractivity contribution < 1.29 is 9.90 Å². The molecular formula is C24H47N2O3-. The topological polar surface area (TPSA) is 66.8 Å². The number of hydroxylamine groups is 2. The lowest BCUT2D eigenvalue weighted by Crippen LogP contribution is -2.30. The van der Waals surface area contributed by atoms with Crippen molar-refractivity contribution in [2.75, 3.05) is 33.3 Å². The van der Waals surface area contributed by atoms with Crippen LogP contribution >= 0.6 is 0 Å². The molecule has 0 aliphatic rings. The van der Waals surface area contributed by atoms with Crippen molar-refractivity contribution in [2.45, 2.75) is 103 Å². The number of hydrogen-bond acceptors (Lipinski definition) is 4. The van der Waals surface area contributed by atoms with Crippen molar-refractivity contribution in [3.63, 3.8) is 0 Å². The average Bonchev–Trinajstić information content (AvgIpc) is 2.70. The van der Waals surface area contributed by atoms with Crippen LogP contribution in [0.5, 0.6) is 0 Å². The van der Waals surface area contributed by atoms with Gasteiger partial charge in [0.1, 0.15) is 0 Å². The van der Waals surface area contributed by atoms with Gasteiger partial charge in [-0.3, -0.25) is 4.79 Å². The molecule has 0 unspecified atom stereocenters. The van der Waals surface area contributed by atoms with Crippen molar-refractivity contribution in [2.24, 2.45) is 0 Å². The third-order valence-corrected chi connectivity index (χ3v) is 5.31. The Kier molecular flexibility index (Phi) is 21.1. The van der Waals surface area contributed by atoms with E-state index in [2.05, 4.69) is 19.1 Å². The fraction of sp³-hybridized carbons (Fsp3) is 0.875. The number of likely N-dealkylation sites (N-methyl/N-ethyl adjacent to an activating group) is 1. The molecule has 172 valence electrons. The summed E-state index contributed by atoms with van der Waals surface area (Å²) >= 11 is 0. The Morgan fingerprint density at radius 1 is 0.793 bits per heavy atom. The molecule has 0 aliphatic heterocycles. The van der Waals surface area contributed by atoms with Crippen LogP contribution in [0.25, 0.3) is 0 Å². The van der Waals surface area contributed by atoms with E-state index in [9.17, 15) is 10.0 Å². The molecule has 29 heavy (non-hydrogen) atoms. The number of aliphatic hydroxyl groups is 1. The van der Waals surface area contributed by atoms with Gasteiger partial charge in [-0.15, -0.1) is 0 Å². The Labute approximate surface area is 180 Å². The van der Waals surface area contributed by atoms with Crippen molar-refractivity contribution >= 4 is 5.91 Å². The van der Waals surface area contributed by atoms with Crippen LogP contribution in [0.15, 0.2) is 12.2 Å². The summed E-state index contributed by atoms with van der Waals surface area (Å²) in [6.45, 7) is 3.94. The third-order valence-electron chi connectivity index (χ3n) is 5.31. The minimum absolute atomic E-state index is 0.117. The number of aliphatic hydroxyl groups excluding tert-OH is 1. The number of hydrogen-bond donors (Lipinski definition) is 1. The molecule has 0 aromatic heterocycles. The first-order valence-corrected chi connectivity index (χ1v) is 12.0. The quantitative estimate of drug-likeness (QED) is 0.150. The van der Waals surface area contributed by atoms with E-state index < -0.39 is 0 Å². The van der Waals surface area contributed by atoms with E-state index in [1.54, 1.807) is 0 Å². The van der Waals surface area contributed by atoms with Gasteiger partial charge in [-0.05, 0) is 52.1 Å². The minimum atomic E-state index is -0.285. The second-order valence-electron chi connectivity index (χ2n) is 8.21. The summed E-state index contributed by atoms with van der Waals surface area (Å²) in [5.74, 6) is -0.285. The van der Waals surface area contributed by atoms with Crippen LogP contribution in [0, 0.1) is 5.21 Å². The molecule has 5 nitrogen and oxygen atoms in total. The minimum Gasteiger partial charge on any atom is -0.756 e. The summed E-state index contributed by atoms with van der Waals surface area (Å²) in [4.78, 5) is 13.8. The maximum atomic E-state index is 11.8. The molecule has 0 aromatic carbocycles. The molecule has 0 fully saturated rings. The lowest BCUT2D eigenvalue weighted by atomic mass is 10.1. The Morgan fingerprint density at radius 3 is 1.93 bits per heavy atom. The van der Waals surface area contributed by atoms with E-state index >= 15 is 0 Å². The van der Waals surface area contributed by atoms with E-state index in [4.69, 9.17) is 5.11 Å². The highest BCUT2D eigenvalue weighted by Crippen LogP contribution is 2.10. The highest BCUT2D eigenvalue weighted by atomic mass is 16.5. The number of carbonyl (C=O) groups excluding carboxylic acids is 1. The number of amides is 1. The summed E-state index contributed by atoms with van der Waals surface area (Å²) < 4.78 is 0. The summed E-state index contributed by atoms with van der Waals surface area (Å²) in [7, 11) is 1.90. The molecule has 0 radical (unpaired) electrons. The standard InChI is InChI=1S/C24H47N2O3/c1-3-4-5-6-7-8-9-10-11-12-13-14-15-16-17-19-24(28)26(29)21-18-20-25(2)22-23-27/h10-11,27H,3-9,12-23H2,1-2H3/q-1. The van der Waals surface area contributed by atoms with E-state index in [1.165, 1.54) is 57.8 Å². The van der Waals surface area contributed by atoms with Crippen LogP contribution in [0.2, 0.25) is 0 Å². The lowest BCUT2D eigenvalue weighted by Gasteiger charge is -2.29. The van der Waals surface area contributed by atoms with Gasteiger partial charge in [0, 0.05) is 19.5 Å². The average molecular weight is 412 g/mol. The molecule has 0 heterocycles. The zero-order valence-electron chi connectivity index (χ0n) is 19.2. The highest BCUT2D eigenvalue weighted by molar-refractivity contribution is 5.76. The maximum absolute atomic E-state index is 11.8. The Balaban J connectivity index is 3.40. The number of allylic oxidation sites excluding steroid dienone is 2. The van der Waals surface area contributed by atoms with E-state index in [1.807, 2.05) is 11.9 Å². The molecule has 0 bridgehead atoms. The zero-order chi connectivity index (χ0) is 21.6. The fourth-order valence-electron chi connectivity index (χ4n) is 3.36. The first kappa shape index (κ1) is 28.1. The van der Waals surface area contributed by atoms with Crippen LogP contribution in [-0.2, 0) is 4.79 Å². The second kappa shape index (κ2) is 21.8. The molecule has 0 atom stereocenters. The van der Waals surface area contributed by atoms with Crippen LogP contribution < -0.4 is 0 Å². The largest absolute Gasteiger partial charge is 0.756 e. The van der Waals surface area contributed by atoms with Gasteiger partial charge < -0.3 is 20.3 Å². The summed E-state index contributed by atoms with van der Waals surface area (Å²) in [6.07, 6.45) is 21.6. The van der Waals surface area contributed by atoms with Gasteiger partial charge in [0.2, 0.25) is 5.91 Å². The summed E-state index contributed by atoms with van der Waals surface area (Å²) in [6, 6.07) is 0.